The Bertz CT molecular complexity index is 936. The van der Waals surface area contributed by atoms with Crippen LogP contribution < -0.4 is 0 Å². The van der Waals surface area contributed by atoms with Crippen molar-refractivity contribution in [3.63, 3.8) is 0 Å². The zero-order valence-corrected chi connectivity index (χ0v) is 15.2. The number of nitrogens with zero attached hydrogens (tertiary/aromatic N) is 1. The van der Waals surface area contributed by atoms with Gasteiger partial charge in [0, 0.05) is 17.2 Å². The first-order valence-corrected chi connectivity index (χ1v) is 9.10. The molecule has 1 aliphatic rings. The molecule has 3 aromatic rings. The summed E-state index contributed by atoms with van der Waals surface area (Å²) in [4.78, 5) is 14.9. The number of benzene rings is 3. The maximum Gasteiger partial charge on any atom is 0.253 e. The molecule has 0 spiro atoms. The first-order chi connectivity index (χ1) is 13.2. The molecule has 1 aliphatic heterocycles. The van der Waals surface area contributed by atoms with E-state index in [1.165, 1.54) is 0 Å². The van der Waals surface area contributed by atoms with Crippen LogP contribution in [0.25, 0.3) is 5.76 Å². The van der Waals surface area contributed by atoms with Gasteiger partial charge in [-0.2, -0.15) is 0 Å². The first-order valence-electron chi connectivity index (χ1n) is 9.10. The van der Waals surface area contributed by atoms with Gasteiger partial charge in [0.25, 0.3) is 5.91 Å². The van der Waals surface area contributed by atoms with Gasteiger partial charge in [0.2, 0.25) is 6.23 Å². The van der Waals surface area contributed by atoms with Crippen molar-refractivity contribution in [1.29, 1.82) is 0 Å². The molecule has 1 heterocycles. The summed E-state index contributed by atoms with van der Waals surface area (Å²) in [7, 11) is 0. The minimum absolute atomic E-state index is 0.0506. The standard InChI is InChI=1S/C24H21NO2/c1-18(19-11-5-2-6-12-19)25-23(26)17-22(20-13-7-3-8-14-20)27-24(25)21-15-9-4-10-16-21/h2-18,24H,1H3/t18-,24+/m0/s1. The minimum Gasteiger partial charge on any atom is -0.465 e. The molecule has 2 atom stereocenters. The van der Waals surface area contributed by atoms with Crippen LogP contribution >= 0.6 is 0 Å². The van der Waals surface area contributed by atoms with Gasteiger partial charge in [-0.05, 0) is 12.5 Å². The van der Waals surface area contributed by atoms with Crippen molar-refractivity contribution in [1.82, 2.24) is 4.90 Å². The summed E-state index contributed by atoms with van der Waals surface area (Å²) in [6, 6.07) is 29.6. The summed E-state index contributed by atoms with van der Waals surface area (Å²) < 4.78 is 6.35. The normalized spacial score (nSPS) is 17.8. The Labute approximate surface area is 159 Å². The van der Waals surface area contributed by atoms with E-state index in [1.54, 1.807) is 11.0 Å². The Kier molecular flexibility index (Phi) is 4.75. The summed E-state index contributed by atoms with van der Waals surface area (Å²) in [5.74, 6) is 0.552. The Hall–Kier alpha value is -3.33. The van der Waals surface area contributed by atoms with Gasteiger partial charge in [-0.1, -0.05) is 91.0 Å². The second-order valence-electron chi connectivity index (χ2n) is 6.59. The fraction of sp³-hybridized carbons (Fsp3) is 0.125. The van der Waals surface area contributed by atoms with Crippen molar-refractivity contribution in [2.24, 2.45) is 0 Å². The first kappa shape index (κ1) is 17.1. The van der Waals surface area contributed by atoms with E-state index in [4.69, 9.17) is 4.74 Å². The molecule has 0 aromatic heterocycles. The highest BCUT2D eigenvalue weighted by atomic mass is 16.5. The second kappa shape index (κ2) is 7.50. The topological polar surface area (TPSA) is 29.5 Å². The Morgan fingerprint density at radius 3 is 2.00 bits per heavy atom. The molecular weight excluding hydrogens is 334 g/mol. The summed E-state index contributed by atoms with van der Waals surface area (Å²) in [5.41, 5.74) is 2.93. The number of amides is 1. The summed E-state index contributed by atoms with van der Waals surface area (Å²) in [6.45, 7) is 2.04. The van der Waals surface area contributed by atoms with E-state index in [2.05, 4.69) is 0 Å². The fourth-order valence-corrected chi connectivity index (χ4v) is 3.40. The molecule has 1 amide bonds. The quantitative estimate of drug-likeness (QED) is 0.632. The van der Waals surface area contributed by atoms with Gasteiger partial charge in [0.1, 0.15) is 5.76 Å². The SMILES string of the molecule is C[C@@H](c1ccccc1)N1C(=O)C=C(c2ccccc2)O[C@@H]1c1ccccc1. The molecule has 3 heteroatoms. The Morgan fingerprint density at radius 1 is 0.815 bits per heavy atom. The van der Waals surface area contributed by atoms with Crippen molar-refractivity contribution in [3.05, 3.63) is 114 Å². The van der Waals surface area contributed by atoms with Crippen molar-refractivity contribution < 1.29 is 9.53 Å². The number of hydrogen-bond acceptors (Lipinski definition) is 2. The van der Waals surface area contributed by atoms with Crippen molar-refractivity contribution in [2.75, 3.05) is 0 Å². The summed E-state index contributed by atoms with van der Waals surface area (Å²) >= 11 is 0. The van der Waals surface area contributed by atoms with Crippen LogP contribution in [0.5, 0.6) is 0 Å². The molecule has 0 aliphatic carbocycles. The lowest BCUT2D eigenvalue weighted by atomic mass is 10.0. The maximum absolute atomic E-state index is 13.1. The van der Waals surface area contributed by atoms with Gasteiger partial charge in [-0.15, -0.1) is 0 Å². The molecule has 0 N–H and O–H groups in total. The average Bonchev–Trinajstić information content (AvgIpc) is 2.74. The van der Waals surface area contributed by atoms with Crippen LogP contribution in [0.3, 0.4) is 0 Å². The average molecular weight is 355 g/mol. The lowest BCUT2D eigenvalue weighted by Crippen LogP contribution is -2.40. The minimum atomic E-state index is -0.478. The Morgan fingerprint density at radius 2 is 1.37 bits per heavy atom. The molecule has 4 rings (SSSR count). The third-order valence-electron chi connectivity index (χ3n) is 4.84. The Balaban J connectivity index is 1.76. The number of rotatable bonds is 4. The molecule has 0 unspecified atom stereocenters. The molecule has 0 saturated heterocycles. The van der Waals surface area contributed by atoms with E-state index in [-0.39, 0.29) is 11.9 Å². The van der Waals surface area contributed by atoms with Crippen molar-refractivity contribution >= 4 is 11.7 Å². The highest BCUT2D eigenvalue weighted by molar-refractivity contribution is 5.95. The number of hydrogen-bond donors (Lipinski definition) is 0. The third kappa shape index (κ3) is 3.49. The van der Waals surface area contributed by atoms with Crippen molar-refractivity contribution in [2.45, 2.75) is 19.2 Å². The van der Waals surface area contributed by atoms with Gasteiger partial charge in [-0.25, -0.2) is 0 Å². The van der Waals surface area contributed by atoms with E-state index >= 15 is 0 Å². The maximum atomic E-state index is 13.1. The molecule has 27 heavy (non-hydrogen) atoms. The van der Waals surface area contributed by atoms with Crippen LogP contribution in [-0.4, -0.2) is 10.8 Å². The highest BCUT2D eigenvalue weighted by Gasteiger charge is 2.35. The van der Waals surface area contributed by atoms with Crippen LogP contribution in [0.15, 0.2) is 97.1 Å². The summed E-state index contributed by atoms with van der Waals surface area (Å²) in [6.07, 6.45) is 1.11. The van der Waals surface area contributed by atoms with Crippen LogP contribution in [-0.2, 0) is 9.53 Å². The smallest absolute Gasteiger partial charge is 0.253 e. The summed E-state index contributed by atoms with van der Waals surface area (Å²) in [5, 5.41) is 0. The molecule has 3 aromatic carbocycles. The molecule has 3 nitrogen and oxygen atoms in total. The van der Waals surface area contributed by atoms with Gasteiger partial charge in [-0.3, -0.25) is 9.69 Å². The lowest BCUT2D eigenvalue weighted by Gasteiger charge is -2.39. The molecule has 0 radical (unpaired) electrons. The fourth-order valence-electron chi connectivity index (χ4n) is 3.40. The number of ether oxygens (including phenoxy) is 1. The van der Waals surface area contributed by atoms with Crippen molar-refractivity contribution in [3.8, 4) is 0 Å². The van der Waals surface area contributed by atoms with Gasteiger partial charge < -0.3 is 4.74 Å². The van der Waals surface area contributed by atoms with Crippen LogP contribution in [0.4, 0.5) is 0 Å². The highest BCUT2D eigenvalue weighted by Crippen LogP contribution is 2.38. The monoisotopic (exact) mass is 355 g/mol. The van der Waals surface area contributed by atoms with E-state index in [0.29, 0.717) is 5.76 Å². The van der Waals surface area contributed by atoms with Crippen LogP contribution in [0, 0.1) is 0 Å². The molecule has 0 saturated carbocycles. The lowest BCUT2D eigenvalue weighted by molar-refractivity contribution is -0.143. The van der Waals surface area contributed by atoms with Gasteiger partial charge >= 0.3 is 0 Å². The predicted octanol–water partition coefficient (Wildman–Crippen LogP) is 5.35. The zero-order valence-electron chi connectivity index (χ0n) is 15.2. The molecule has 134 valence electrons. The van der Waals surface area contributed by atoms with E-state index in [0.717, 1.165) is 16.7 Å². The van der Waals surface area contributed by atoms with Gasteiger partial charge in [0.15, 0.2) is 0 Å². The molecule has 0 fully saturated rings. The third-order valence-corrected chi connectivity index (χ3v) is 4.84. The predicted molar refractivity (Wildman–Crippen MR) is 106 cm³/mol. The largest absolute Gasteiger partial charge is 0.465 e. The van der Waals surface area contributed by atoms with E-state index in [9.17, 15) is 4.79 Å². The number of carbonyl (C=O) groups is 1. The molecule has 0 bridgehead atoms. The van der Waals surface area contributed by atoms with Crippen LogP contribution in [0.2, 0.25) is 0 Å². The molecular formula is C24H21NO2. The van der Waals surface area contributed by atoms with Gasteiger partial charge in [0.05, 0.1) is 6.04 Å². The van der Waals surface area contributed by atoms with E-state index in [1.807, 2.05) is 97.9 Å². The van der Waals surface area contributed by atoms with E-state index < -0.39 is 6.23 Å². The zero-order chi connectivity index (χ0) is 18.6. The van der Waals surface area contributed by atoms with Crippen LogP contribution in [0.1, 0.15) is 35.9 Å². The second-order valence-corrected chi connectivity index (χ2v) is 6.59. The number of carbonyl (C=O) groups excluding carboxylic acids is 1.